The van der Waals surface area contributed by atoms with Crippen LogP contribution in [0.1, 0.15) is 51.9 Å². The summed E-state index contributed by atoms with van der Waals surface area (Å²) in [6, 6.07) is 0. The fourth-order valence-electron chi connectivity index (χ4n) is 2.26. The van der Waals surface area contributed by atoms with Gasteiger partial charge < -0.3 is 10.4 Å². The minimum Gasteiger partial charge on any atom is -0.396 e. The molecule has 16 heavy (non-hydrogen) atoms. The molecule has 0 aromatic carbocycles. The summed E-state index contributed by atoms with van der Waals surface area (Å²) in [7, 11) is 0. The van der Waals surface area contributed by atoms with E-state index in [1.54, 1.807) is 0 Å². The zero-order valence-corrected chi connectivity index (χ0v) is 10.4. The molecule has 1 aliphatic rings. The van der Waals surface area contributed by atoms with Crippen LogP contribution in [0.25, 0.3) is 0 Å². The quantitative estimate of drug-likeness (QED) is 0.707. The molecule has 0 radical (unpaired) electrons. The predicted molar refractivity (Wildman–Crippen MR) is 65.1 cm³/mol. The summed E-state index contributed by atoms with van der Waals surface area (Å²) in [5.74, 6) is 0.914. The van der Waals surface area contributed by atoms with Gasteiger partial charge in [-0.2, -0.15) is 0 Å². The van der Waals surface area contributed by atoms with Crippen molar-refractivity contribution in [1.29, 1.82) is 0 Å². The molecule has 0 aliphatic heterocycles. The first-order valence-electron chi connectivity index (χ1n) is 6.60. The zero-order valence-electron chi connectivity index (χ0n) is 10.4. The molecular formula is C13H25NO2. The van der Waals surface area contributed by atoms with Crippen LogP contribution in [0.3, 0.4) is 0 Å². The van der Waals surface area contributed by atoms with Gasteiger partial charge in [-0.15, -0.1) is 0 Å². The topological polar surface area (TPSA) is 49.3 Å². The molecule has 0 heterocycles. The number of carbonyl (C=O) groups excluding carboxylic acids is 1. The number of hydrogen-bond donors (Lipinski definition) is 2. The lowest BCUT2D eigenvalue weighted by atomic mass is 9.96. The SMILES string of the molecule is CC(CO)CNC(=O)CC1CCCCCC1. The highest BCUT2D eigenvalue weighted by Crippen LogP contribution is 2.25. The van der Waals surface area contributed by atoms with Crippen molar-refractivity contribution in [3.63, 3.8) is 0 Å². The first kappa shape index (κ1) is 13.5. The Morgan fingerprint density at radius 2 is 1.94 bits per heavy atom. The molecule has 1 amide bonds. The van der Waals surface area contributed by atoms with E-state index in [9.17, 15) is 4.79 Å². The van der Waals surface area contributed by atoms with Crippen molar-refractivity contribution in [2.45, 2.75) is 51.9 Å². The highest BCUT2D eigenvalue weighted by molar-refractivity contribution is 5.76. The van der Waals surface area contributed by atoms with Crippen LogP contribution in [0.2, 0.25) is 0 Å². The smallest absolute Gasteiger partial charge is 0.220 e. The Kier molecular flexibility index (Phi) is 6.46. The van der Waals surface area contributed by atoms with Gasteiger partial charge in [0.1, 0.15) is 0 Å². The maximum Gasteiger partial charge on any atom is 0.220 e. The molecule has 1 atom stereocenters. The lowest BCUT2D eigenvalue weighted by molar-refractivity contribution is -0.122. The predicted octanol–water partition coefficient (Wildman–Crippen LogP) is 2.09. The van der Waals surface area contributed by atoms with E-state index < -0.39 is 0 Å². The fourth-order valence-corrected chi connectivity index (χ4v) is 2.26. The molecule has 0 saturated heterocycles. The molecule has 1 rings (SSSR count). The van der Waals surface area contributed by atoms with E-state index in [-0.39, 0.29) is 18.4 Å². The fraction of sp³-hybridized carbons (Fsp3) is 0.923. The number of nitrogens with one attached hydrogen (secondary N) is 1. The number of carbonyl (C=O) groups is 1. The Hall–Kier alpha value is -0.570. The monoisotopic (exact) mass is 227 g/mol. The van der Waals surface area contributed by atoms with Crippen molar-refractivity contribution in [3.8, 4) is 0 Å². The van der Waals surface area contributed by atoms with Crippen molar-refractivity contribution >= 4 is 5.91 Å². The summed E-state index contributed by atoms with van der Waals surface area (Å²) in [6.45, 7) is 2.68. The number of rotatable bonds is 5. The van der Waals surface area contributed by atoms with E-state index in [0.717, 1.165) is 0 Å². The Bertz CT molecular complexity index is 198. The minimum absolute atomic E-state index is 0.143. The third-order valence-electron chi connectivity index (χ3n) is 3.41. The van der Waals surface area contributed by atoms with Gasteiger partial charge in [-0.25, -0.2) is 0 Å². The minimum atomic E-state index is 0.143. The molecule has 1 aliphatic carbocycles. The van der Waals surface area contributed by atoms with Crippen LogP contribution in [0.15, 0.2) is 0 Å². The standard InChI is InChI=1S/C13H25NO2/c1-11(10-15)9-14-13(16)8-12-6-4-2-3-5-7-12/h11-12,15H,2-10H2,1H3,(H,14,16). The van der Waals surface area contributed by atoms with Crippen LogP contribution in [0, 0.1) is 11.8 Å². The largest absolute Gasteiger partial charge is 0.396 e. The van der Waals surface area contributed by atoms with E-state index in [0.29, 0.717) is 18.9 Å². The van der Waals surface area contributed by atoms with E-state index >= 15 is 0 Å². The average Bonchev–Trinajstić information content (AvgIpc) is 2.54. The molecule has 2 N–H and O–H groups in total. The summed E-state index contributed by atoms with van der Waals surface area (Å²) in [6.07, 6.45) is 8.33. The molecule has 3 heteroatoms. The highest BCUT2D eigenvalue weighted by atomic mass is 16.3. The molecule has 1 unspecified atom stereocenters. The van der Waals surface area contributed by atoms with Crippen LogP contribution in [-0.2, 0) is 4.79 Å². The summed E-state index contributed by atoms with van der Waals surface area (Å²) < 4.78 is 0. The van der Waals surface area contributed by atoms with Gasteiger partial charge in [-0.1, -0.05) is 32.6 Å². The Morgan fingerprint density at radius 3 is 2.50 bits per heavy atom. The van der Waals surface area contributed by atoms with Gasteiger partial charge in [-0.3, -0.25) is 4.79 Å². The van der Waals surface area contributed by atoms with Crippen LogP contribution in [-0.4, -0.2) is 24.2 Å². The summed E-state index contributed by atoms with van der Waals surface area (Å²) in [5.41, 5.74) is 0. The highest BCUT2D eigenvalue weighted by Gasteiger charge is 2.16. The molecule has 94 valence electrons. The van der Waals surface area contributed by atoms with Crippen LogP contribution < -0.4 is 5.32 Å². The first-order chi connectivity index (χ1) is 7.72. The van der Waals surface area contributed by atoms with Crippen molar-refractivity contribution in [3.05, 3.63) is 0 Å². The maximum absolute atomic E-state index is 11.7. The van der Waals surface area contributed by atoms with Crippen LogP contribution >= 0.6 is 0 Å². The lowest BCUT2D eigenvalue weighted by Gasteiger charge is -2.15. The zero-order chi connectivity index (χ0) is 11.8. The molecule has 1 fully saturated rings. The molecular weight excluding hydrogens is 202 g/mol. The van der Waals surface area contributed by atoms with Gasteiger partial charge in [0.25, 0.3) is 0 Å². The van der Waals surface area contributed by atoms with Gasteiger partial charge in [-0.05, 0) is 24.7 Å². The number of aliphatic hydroxyl groups excluding tert-OH is 1. The van der Waals surface area contributed by atoms with Gasteiger partial charge in [0, 0.05) is 19.6 Å². The van der Waals surface area contributed by atoms with Crippen molar-refractivity contribution in [2.24, 2.45) is 11.8 Å². The summed E-state index contributed by atoms with van der Waals surface area (Å²) >= 11 is 0. The van der Waals surface area contributed by atoms with Crippen LogP contribution in [0.5, 0.6) is 0 Å². The van der Waals surface area contributed by atoms with Crippen molar-refractivity contribution < 1.29 is 9.90 Å². The Labute approximate surface area is 98.6 Å². The normalized spacial score (nSPS) is 20.1. The average molecular weight is 227 g/mol. The molecule has 0 aromatic rings. The van der Waals surface area contributed by atoms with Gasteiger partial charge >= 0.3 is 0 Å². The van der Waals surface area contributed by atoms with Crippen molar-refractivity contribution in [1.82, 2.24) is 5.32 Å². The number of aliphatic hydroxyl groups is 1. The molecule has 0 bridgehead atoms. The Balaban J connectivity index is 2.16. The second-order valence-corrected chi connectivity index (χ2v) is 5.15. The van der Waals surface area contributed by atoms with Crippen LogP contribution in [0.4, 0.5) is 0 Å². The van der Waals surface area contributed by atoms with E-state index in [1.807, 2.05) is 6.92 Å². The van der Waals surface area contributed by atoms with E-state index in [2.05, 4.69) is 5.32 Å². The molecule has 3 nitrogen and oxygen atoms in total. The summed E-state index contributed by atoms with van der Waals surface area (Å²) in [4.78, 5) is 11.7. The second kappa shape index (κ2) is 7.66. The molecule has 0 aromatic heterocycles. The lowest BCUT2D eigenvalue weighted by Crippen LogP contribution is -2.30. The third kappa shape index (κ3) is 5.50. The molecule has 0 spiro atoms. The molecule has 1 saturated carbocycles. The first-order valence-corrected chi connectivity index (χ1v) is 6.60. The van der Waals surface area contributed by atoms with E-state index in [1.165, 1.54) is 38.5 Å². The third-order valence-corrected chi connectivity index (χ3v) is 3.41. The maximum atomic E-state index is 11.7. The van der Waals surface area contributed by atoms with Gasteiger partial charge in [0.15, 0.2) is 0 Å². The van der Waals surface area contributed by atoms with E-state index in [4.69, 9.17) is 5.11 Å². The summed E-state index contributed by atoms with van der Waals surface area (Å²) in [5, 5.41) is 11.8. The Morgan fingerprint density at radius 1 is 1.31 bits per heavy atom. The van der Waals surface area contributed by atoms with Gasteiger partial charge in [0.2, 0.25) is 5.91 Å². The van der Waals surface area contributed by atoms with Gasteiger partial charge in [0.05, 0.1) is 0 Å². The number of hydrogen-bond acceptors (Lipinski definition) is 2. The second-order valence-electron chi connectivity index (χ2n) is 5.15. The number of amides is 1. The van der Waals surface area contributed by atoms with Crippen molar-refractivity contribution in [2.75, 3.05) is 13.2 Å².